The molecule has 2 N–H and O–H groups in total. The highest BCUT2D eigenvalue weighted by molar-refractivity contribution is 7.87. The van der Waals surface area contributed by atoms with Gasteiger partial charge in [0.1, 0.15) is 4.21 Å². The Morgan fingerprint density at radius 3 is 2.33 bits per heavy atom. The van der Waals surface area contributed by atoms with Crippen LogP contribution in [0.3, 0.4) is 0 Å². The van der Waals surface area contributed by atoms with E-state index in [2.05, 4.69) is 0 Å². The fourth-order valence-corrected chi connectivity index (χ4v) is 4.47. The minimum Gasteiger partial charge on any atom is -0.397 e. The van der Waals surface area contributed by atoms with E-state index in [1.165, 1.54) is 11.3 Å². The molecule has 2 aromatic carbocycles. The van der Waals surface area contributed by atoms with E-state index < -0.39 is 10.8 Å². The molecule has 0 spiro atoms. The Kier molecular flexibility index (Phi) is 2.89. The molecule has 0 bridgehead atoms. The molecule has 1 heterocycles. The van der Waals surface area contributed by atoms with Crippen molar-refractivity contribution >= 4 is 37.9 Å². The summed E-state index contributed by atoms with van der Waals surface area (Å²) in [4.78, 5) is 0.788. The number of nitrogen functional groups attached to an aromatic ring is 1. The van der Waals surface area contributed by atoms with Crippen LogP contribution in [0.2, 0.25) is 0 Å². The lowest BCUT2D eigenvalue weighted by molar-refractivity contribution is 0.684. The molecule has 4 heteroatoms. The van der Waals surface area contributed by atoms with Crippen molar-refractivity contribution in [2.75, 3.05) is 5.73 Å². The lowest BCUT2D eigenvalue weighted by Crippen LogP contribution is -1.94. The first-order chi connectivity index (χ1) is 8.77. The van der Waals surface area contributed by atoms with Crippen molar-refractivity contribution in [2.24, 2.45) is 0 Å². The van der Waals surface area contributed by atoms with Crippen molar-refractivity contribution in [1.29, 1.82) is 0 Å². The average molecular weight is 273 g/mol. The van der Waals surface area contributed by atoms with Gasteiger partial charge in [-0.3, -0.25) is 0 Å². The number of fused-ring (bicyclic) bond motifs is 1. The van der Waals surface area contributed by atoms with Crippen LogP contribution in [-0.4, -0.2) is 4.21 Å². The zero-order valence-corrected chi connectivity index (χ0v) is 11.1. The zero-order valence-electron chi connectivity index (χ0n) is 9.50. The van der Waals surface area contributed by atoms with Gasteiger partial charge in [0.2, 0.25) is 0 Å². The van der Waals surface area contributed by atoms with Crippen molar-refractivity contribution in [3.8, 4) is 0 Å². The molecule has 0 aliphatic heterocycles. The maximum absolute atomic E-state index is 12.5. The van der Waals surface area contributed by atoms with Gasteiger partial charge in [-0.15, -0.1) is 11.3 Å². The smallest absolute Gasteiger partial charge is 0.120 e. The first-order valence-electron chi connectivity index (χ1n) is 5.51. The summed E-state index contributed by atoms with van der Waals surface area (Å²) in [6.45, 7) is 0. The quantitative estimate of drug-likeness (QED) is 0.774. The second-order valence-corrected chi connectivity index (χ2v) is 6.61. The van der Waals surface area contributed by atoms with Gasteiger partial charge in [-0.1, -0.05) is 36.4 Å². The third-order valence-electron chi connectivity index (χ3n) is 2.73. The van der Waals surface area contributed by atoms with Crippen molar-refractivity contribution in [2.45, 2.75) is 9.10 Å². The van der Waals surface area contributed by atoms with Crippen molar-refractivity contribution in [3.05, 3.63) is 54.6 Å². The van der Waals surface area contributed by atoms with E-state index in [0.717, 1.165) is 19.2 Å². The summed E-state index contributed by atoms with van der Waals surface area (Å²) in [6, 6.07) is 17.3. The normalized spacial score (nSPS) is 12.7. The van der Waals surface area contributed by atoms with Crippen LogP contribution >= 0.6 is 11.3 Å². The second-order valence-electron chi connectivity index (χ2n) is 3.88. The van der Waals surface area contributed by atoms with Gasteiger partial charge in [-0.05, 0) is 18.2 Å². The molecule has 0 amide bonds. The van der Waals surface area contributed by atoms with Crippen LogP contribution in [0.25, 0.3) is 10.1 Å². The highest BCUT2D eigenvalue weighted by atomic mass is 32.2. The van der Waals surface area contributed by atoms with E-state index in [0.29, 0.717) is 5.69 Å². The standard InChI is InChI=1S/C14H11NOS2/c15-13-11-8-4-5-9-12(11)17-14(13)18(16)10-6-2-1-3-7-10/h1-9H,15H2/t18-/m1/s1. The van der Waals surface area contributed by atoms with Gasteiger partial charge in [0.15, 0.2) is 0 Å². The molecule has 18 heavy (non-hydrogen) atoms. The summed E-state index contributed by atoms with van der Waals surface area (Å²) in [5.41, 5.74) is 6.73. The molecule has 0 fully saturated rings. The molecule has 0 unspecified atom stereocenters. The SMILES string of the molecule is Nc1c([S@](=O)c2ccccc2)sc2ccccc12. The van der Waals surface area contributed by atoms with Gasteiger partial charge in [0.25, 0.3) is 0 Å². The molecule has 3 aromatic rings. The third kappa shape index (κ3) is 1.83. The third-order valence-corrected chi connectivity index (χ3v) is 5.67. The number of rotatable bonds is 2. The Morgan fingerprint density at radius 2 is 1.61 bits per heavy atom. The van der Waals surface area contributed by atoms with Crippen LogP contribution in [0.1, 0.15) is 0 Å². The zero-order chi connectivity index (χ0) is 12.5. The van der Waals surface area contributed by atoms with Gasteiger partial charge in [0.05, 0.1) is 16.5 Å². The van der Waals surface area contributed by atoms with E-state index in [9.17, 15) is 4.21 Å². The highest BCUT2D eigenvalue weighted by Gasteiger charge is 2.15. The first kappa shape index (κ1) is 11.4. The van der Waals surface area contributed by atoms with Gasteiger partial charge < -0.3 is 5.73 Å². The van der Waals surface area contributed by atoms with Crippen LogP contribution in [0, 0.1) is 0 Å². The van der Waals surface area contributed by atoms with E-state index in [1.807, 2.05) is 54.6 Å². The molecule has 1 aromatic heterocycles. The monoisotopic (exact) mass is 273 g/mol. The van der Waals surface area contributed by atoms with Gasteiger partial charge >= 0.3 is 0 Å². The Bertz CT molecular complexity index is 719. The highest BCUT2D eigenvalue weighted by Crippen LogP contribution is 2.37. The van der Waals surface area contributed by atoms with Crippen molar-refractivity contribution in [3.63, 3.8) is 0 Å². The molecule has 0 saturated heterocycles. The summed E-state index contributed by atoms with van der Waals surface area (Å²) < 4.78 is 14.3. The topological polar surface area (TPSA) is 43.1 Å². The largest absolute Gasteiger partial charge is 0.397 e. The number of benzene rings is 2. The van der Waals surface area contributed by atoms with Crippen LogP contribution < -0.4 is 5.73 Å². The van der Waals surface area contributed by atoms with Crippen molar-refractivity contribution in [1.82, 2.24) is 0 Å². The number of hydrogen-bond donors (Lipinski definition) is 1. The first-order valence-corrected chi connectivity index (χ1v) is 7.48. The summed E-state index contributed by atoms with van der Waals surface area (Å²) in [5, 5.41) is 0.988. The van der Waals surface area contributed by atoms with E-state index in [1.54, 1.807) is 0 Å². The summed E-state index contributed by atoms with van der Waals surface area (Å²) in [6.07, 6.45) is 0. The van der Waals surface area contributed by atoms with E-state index in [-0.39, 0.29) is 0 Å². The van der Waals surface area contributed by atoms with Gasteiger partial charge in [0, 0.05) is 15.0 Å². The predicted octanol–water partition coefficient (Wildman–Crippen LogP) is 3.65. The van der Waals surface area contributed by atoms with Crippen LogP contribution in [-0.2, 0) is 10.8 Å². The number of thiophene rings is 1. The van der Waals surface area contributed by atoms with Crippen LogP contribution in [0.4, 0.5) is 5.69 Å². The number of hydrogen-bond acceptors (Lipinski definition) is 3. The summed E-state index contributed by atoms with van der Waals surface area (Å²) in [7, 11) is -1.20. The molecule has 0 aliphatic carbocycles. The second kappa shape index (κ2) is 4.55. The molecule has 2 nitrogen and oxygen atoms in total. The Morgan fingerprint density at radius 1 is 0.944 bits per heavy atom. The number of nitrogens with two attached hydrogens (primary N) is 1. The Labute approximate surface area is 112 Å². The fraction of sp³-hybridized carbons (Fsp3) is 0. The molecule has 0 radical (unpaired) electrons. The minimum absolute atomic E-state index is 0.637. The maximum Gasteiger partial charge on any atom is 0.120 e. The van der Waals surface area contributed by atoms with Gasteiger partial charge in [-0.2, -0.15) is 0 Å². The molecule has 1 atom stereocenters. The lowest BCUT2D eigenvalue weighted by Gasteiger charge is -2.00. The fourth-order valence-electron chi connectivity index (χ4n) is 1.83. The molecule has 0 saturated carbocycles. The number of anilines is 1. The average Bonchev–Trinajstić information content (AvgIpc) is 2.77. The summed E-state index contributed by atoms with van der Waals surface area (Å²) in [5.74, 6) is 0. The Balaban J connectivity index is 2.15. The van der Waals surface area contributed by atoms with Gasteiger partial charge in [-0.25, -0.2) is 4.21 Å². The molecule has 90 valence electrons. The van der Waals surface area contributed by atoms with Crippen LogP contribution in [0.15, 0.2) is 63.7 Å². The summed E-state index contributed by atoms with van der Waals surface area (Å²) >= 11 is 1.50. The molecular formula is C14H11NOS2. The van der Waals surface area contributed by atoms with E-state index >= 15 is 0 Å². The molecular weight excluding hydrogens is 262 g/mol. The van der Waals surface area contributed by atoms with Crippen LogP contribution in [0.5, 0.6) is 0 Å². The Hall–Kier alpha value is -1.65. The molecule has 0 aliphatic rings. The van der Waals surface area contributed by atoms with Crippen molar-refractivity contribution < 1.29 is 4.21 Å². The molecule has 3 rings (SSSR count). The minimum atomic E-state index is -1.20. The maximum atomic E-state index is 12.5. The lowest BCUT2D eigenvalue weighted by atomic mass is 10.2. The predicted molar refractivity (Wildman–Crippen MR) is 77.4 cm³/mol. The van der Waals surface area contributed by atoms with E-state index in [4.69, 9.17) is 5.73 Å².